The van der Waals surface area contributed by atoms with Crippen LogP contribution in [0.15, 0.2) is 12.4 Å². The van der Waals surface area contributed by atoms with Gasteiger partial charge in [0.05, 0.1) is 11.4 Å². The van der Waals surface area contributed by atoms with Crippen molar-refractivity contribution in [1.82, 2.24) is 15.3 Å². The zero-order valence-electron chi connectivity index (χ0n) is 11.1. The van der Waals surface area contributed by atoms with E-state index >= 15 is 0 Å². The number of aromatic nitrogens is 2. The van der Waals surface area contributed by atoms with Crippen LogP contribution in [0.4, 0.5) is 0 Å². The molecule has 1 fully saturated rings. The fourth-order valence-electron chi connectivity index (χ4n) is 2.79. The molecule has 2 rings (SSSR count). The topological polar surface area (TPSA) is 37.8 Å². The smallest absolute Gasteiger partial charge is 0.0782 e. The zero-order valence-corrected chi connectivity index (χ0v) is 11.1. The monoisotopic (exact) mass is 233 g/mol. The van der Waals surface area contributed by atoms with Crippen molar-refractivity contribution in [2.24, 2.45) is 11.8 Å². The SMILES string of the molecule is Cc1nccnc1C(C)NCC1CCCC1C. The Labute approximate surface area is 104 Å². The van der Waals surface area contributed by atoms with Crippen molar-refractivity contribution in [2.75, 3.05) is 6.54 Å². The Morgan fingerprint density at radius 2 is 2.12 bits per heavy atom. The predicted molar refractivity (Wildman–Crippen MR) is 69.7 cm³/mol. The van der Waals surface area contributed by atoms with Crippen molar-refractivity contribution >= 4 is 0 Å². The third-order valence-electron chi connectivity index (χ3n) is 4.05. The molecular weight excluding hydrogens is 210 g/mol. The van der Waals surface area contributed by atoms with Gasteiger partial charge in [0.25, 0.3) is 0 Å². The van der Waals surface area contributed by atoms with Crippen molar-refractivity contribution in [3.8, 4) is 0 Å². The highest BCUT2D eigenvalue weighted by molar-refractivity contribution is 5.12. The Bertz CT molecular complexity index is 364. The molecule has 0 spiro atoms. The summed E-state index contributed by atoms with van der Waals surface area (Å²) in [6, 6.07) is 0.302. The lowest BCUT2D eigenvalue weighted by molar-refractivity contribution is 0.372. The minimum atomic E-state index is 0.302. The predicted octanol–water partition coefficient (Wildman–Crippen LogP) is 2.87. The largest absolute Gasteiger partial charge is 0.309 e. The molecule has 0 amide bonds. The molecule has 3 nitrogen and oxygen atoms in total. The molecule has 1 aliphatic rings. The van der Waals surface area contributed by atoms with Gasteiger partial charge in [-0.3, -0.25) is 9.97 Å². The molecule has 94 valence electrons. The fourth-order valence-corrected chi connectivity index (χ4v) is 2.79. The molecule has 1 N–H and O–H groups in total. The second-order valence-electron chi connectivity index (χ2n) is 5.33. The molecule has 3 unspecified atom stereocenters. The van der Waals surface area contributed by atoms with E-state index in [1.165, 1.54) is 19.3 Å². The van der Waals surface area contributed by atoms with Gasteiger partial charge in [-0.25, -0.2) is 0 Å². The molecule has 1 saturated carbocycles. The normalized spacial score (nSPS) is 26.1. The molecule has 1 aromatic rings. The summed E-state index contributed by atoms with van der Waals surface area (Å²) in [6.45, 7) is 7.69. The molecule has 3 heteroatoms. The molecule has 17 heavy (non-hydrogen) atoms. The third kappa shape index (κ3) is 3.03. The molecule has 1 aromatic heterocycles. The minimum absolute atomic E-state index is 0.302. The van der Waals surface area contributed by atoms with Crippen LogP contribution < -0.4 is 5.32 Å². The number of nitrogens with zero attached hydrogens (tertiary/aromatic N) is 2. The highest BCUT2D eigenvalue weighted by Crippen LogP contribution is 2.30. The first-order valence-corrected chi connectivity index (χ1v) is 6.69. The maximum Gasteiger partial charge on any atom is 0.0782 e. The Hall–Kier alpha value is -0.960. The first kappa shape index (κ1) is 12.5. The van der Waals surface area contributed by atoms with Gasteiger partial charge in [0.1, 0.15) is 0 Å². The van der Waals surface area contributed by atoms with E-state index in [1.807, 2.05) is 6.92 Å². The lowest BCUT2D eigenvalue weighted by Gasteiger charge is -2.20. The van der Waals surface area contributed by atoms with E-state index in [0.29, 0.717) is 6.04 Å². The number of aryl methyl sites for hydroxylation is 1. The summed E-state index contributed by atoms with van der Waals surface area (Å²) >= 11 is 0. The van der Waals surface area contributed by atoms with Crippen molar-refractivity contribution in [3.63, 3.8) is 0 Å². The summed E-state index contributed by atoms with van der Waals surface area (Å²) in [6.07, 6.45) is 7.70. The highest BCUT2D eigenvalue weighted by atomic mass is 14.9. The minimum Gasteiger partial charge on any atom is -0.309 e. The third-order valence-corrected chi connectivity index (χ3v) is 4.05. The van der Waals surface area contributed by atoms with Crippen molar-refractivity contribution < 1.29 is 0 Å². The van der Waals surface area contributed by atoms with Crippen LogP contribution in [0.25, 0.3) is 0 Å². The van der Waals surface area contributed by atoms with Crippen molar-refractivity contribution in [1.29, 1.82) is 0 Å². The summed E-state index contributed by atoms with van der Waals surface area (Å²) < 4.78 is 0. The van der Waals surface area contributed by atoms with Gasteiger partial charge >= 0.3 is 0 Å². The van der Waals surface area contributed by atoms with Crippen molar-refractivity contribution in [2.45, 2.75) is 46.1 Å². The van der Waals surface area contributed by atoms with E-state index in [4.69, 9.17) is 0 Å². The van der Waals surface area contributed by atoms with Gasteiger partial charge in [0.15, 0.2) is 0 Å². The standard InChI is InChI=1S/C14H23N3/c1-10-5-4-6-13(10)9-17-12(3)14-11(2)15-7-8-16-14/h7-8,10,12-13,17H,4-6,9H2,1-3H3. The van der Waals surface area contributed by atoms with Gasteiger partial charge in [0, 0.05) is 18.4 Å². The fraction of sp³-hybridized carbons (Fsp3) is 0.714. The Morgan fingerprint density at radius 3 is 2.76 bits per heavy atom. The quantitative estimate of drug-likeness (QED) is 0.869. The molecule has 0 bridgehead atoms. The van der Waals surface area contributed by atoms with E-state index in [9.17, 15) is 0 Å². The first-order valence-electron chi connectivity index (χ1n) is 6.69. The molecule has 0 radical (unpaired) electrons. The molecule has 1 heterocycles. The maximum atomic E-state index is 4.42. The van der Waals surface area contributed by atoms with Gasteiger partial charge in [0.2, 0.25) is 0 Å². The summed E-state index contributed by atoms with van der Waals surface area (Å²) in [5.41, 5.74) is 2.12. The lowest BCUT2D eigenvalue weighted by Crippen LogP contribution is -2.28. The Balaban J connectivity index is 1.89. The van der Waals surface area contributed by atoms with E-state index < -0.39 is 0 Å². The van der Waals surface area contributed by atoms with Crippen LogP contribution in [0, 0.1) is 18.8 Å². The molecule has 3 atom stereocenters. The molecule has 0 aromatic carbocycles. The van der Waals surface area contributed by atoms with Crippen LogP contribution in [0.3, 0.4) is 0 Å². The van der Waals surface area contributed by atoms with Gasteiger partial charge in [-0.15, -0.1) is 0 Å². The van der Waals surface area contributed by atoms with Gasteiger partial charge in [-0.2, -0.15) is 0 Å². The van der Waals surface area contributed by atoms with Gasteiger partial charge in [-0.1, -0.05) is 19.8 Å². The van der Waals surface area contributed by atoms with E-state index in [2.05, 4.69) is 29.1 Å². The van der Waals surface area contributed by atoms with Crippen LogP contribution in [0.5, 0.6) is 0 Å². The zero-order chi connectivity index (χ0) is 12.3. The molecular formula is C14H23N3. The van der Waals surface area contributed by atoms with Crippen LogP contribution in [-0.2, 0) is 0 Å². The average molecular weight is 233 g/mol. The van der Waals surface area contributed by atoms with E-state index in [-0.39, 0.29) is 0 Å². The van der Waals surface area contributed by atoms with E-state index in [1.54, 1.807) is 12.4 Å². The molecule has 0 aliphatic heterocycles. The number of hydrogen-bond acceptors (Lipinski definition) is 3. The lowest BCUT2D eigenvalue weighted by atomic mass is 9.98. The Kier molecular flexibility index (Phi) is 4.11. The summed E-state index contributed by atoms with van der Waals surface area (Å²) in [5.74, 6) is 1.71. The number of rotatable bonds is 4. The van der Waals surface area contributed by atoms with Crippen LogP contribution in [0.2, 0.25) is 0 Å². The van der Waals surface area contributed by atoms with Gasteiger partial charge in [-0.05, 0) is 38.6 Å². The summed E-state index contributed by atoms with van der Waals surface area (Å²) in [4.78, 5) is 8.71. The Morgan fingerprint density at radius 1 is 1.35 bits per heavy atom. The molecule has 1 aliphatic carbocycles. The summed E-state index contributed by atoms with van der Waals surface area (Å²) in [7, 11) is 0. The maximum absolute atomic E-state index is 4.42. The number of hydrogen-bond donors (Lipinski definition) is 1. The van der Waals surface area contributed by atoms with Crippen molar-refractivity contribution in [3.05, 3.63) is 23.8 Å². The highest BCUT2D eigenvalue weighted by Gasteiger charge is 2.23. The second kappa shape index (κ2) is 5.58. The van der Waals surface area contributed by atoms with Gasteiger partial charge < -0.3 is 5.32 Å². The average Bonchev–Trinajstić information content (AvgIpc) is 2.72. The second-order valence-corrected chi connectivity index (χ2v) is 5.33. The summed E-state index contributed by atoms with van der Waals surface area (Å²) in [5, 5.41) is 3.61. The first-order chi connectivity index (χ1) is 8.18. The molecule has 0 saturated heterocycles. The van der Waals surface area contributed by atoms with Crippen LogP contribution in [0.1, 0.15) is 50.5 Å². The van der Waals surface area contributed by atoms with Crippen LogP contribution in [-0.4, -0.2) is 16.5 Å². The number of nitrogens with one attached hydrogen (secondary N) is 1. The van der Waals surface area contributed by atoms with Crippen LogP contribution >= 0.6 is 0 Å². The van der Waals surface area contributed by atoms with E-state index in [0.717, 1.165) is 29.8 Å².